The van der Waals surface area contributed by atoms with Gasteiger partial charge in [-0.2, -0.15) is 0 Å². The molecule has 0 radical (unpaired) electrons. The highest BCUT2D eigenvalue weighted by Gasteiger charge is 2.36. The molecule has 1 atom stereocenters. The standard InChI is InChI=1S/C33H27IN2O8S/c1-4-40-25-14-19(13-22(34)30(25)44-18(3)37)15-26-31(38)36-29(21-11-12-23-24(16-21)43-17-42-23)27(32(39)41-5-2)28(35-33(36)45-26)20-9-7-6-8-10-20/h6-16,29H,4-5,17H2,1-3H3/b26-15+/t29-/m1/s1. The van der Waals surface area contributed by atoms with E-state index in [9.17, 15) is 14.4 Å². The second kappa shape index (κ2) is 12.9. The van der Waals surface area contributed by atoms with Crippen molar-refractivity contribution in [1.29, 1.82) is 0 Å². The molecule has 45 heavy (non-hydrogen) atoms. The van der Waals surface area contributed by atoms with Gasteiger partial charge in [0.25, 0.3) is 5.56 Å². The third kappa shape index (κ3) is 5.99. The van der Waals surface area contributed by atoms with Crippen LogP contribution in [0.1, 0.15) is 43.5 Å². The Labute approximate surface area is 275 Å². The first-order valence-electron chi connectivity index (χ1n) is 14.1. The minimum atomic E-state index is -0.863. The lowest BCUT2D eigenvalue weighted by Crippen LogP contribution is -2.40. The summed E-state index contributed by atoms with van der Waals surface area (Å²) in [5.74, 6) is 0.750. The van der Waals surface area contributed by atoms with Crippen molar-refractivity contribution >= 4 is 57.6 Å². The molecule has 1 aromatic heterocycles. The van der Waals surface area contributed by atoms with E-state index < -0.39 is 18.0 Å². The predicted molar refractivity (Wildman–Crippen MR) is 175 cm³/mol. The molecule has 4 aromatic rings. The Morgan fingerprint density at radius 2 is 1.84 bits per heavy atom. The summed E-state index contributed by atoms with van der Waals surface area (Å²) in [6, 6.07) is 17.4. The van der Waals surface area contributed by atoms with Crippen LogP contribution in [0.25, 0.3) is 11.8 Å². The minimum Gasteiger partial charge on any atom is -0.490 e. The van der Waals surface area contributed by atoms with E-state index in [-0.39, 0.29) is 24.5 Å². The van der Waals surface area contributed by atoms with Crippen LogP contribution in [0.2, 0.25) is 0 Å². The van der Waals surface area contributed by atoms with Crippen molar-refractivity contribution in [2.45, 2.75) is 26.8 Å². The van der Waals surface area contributed by atoms with Crippen molar-refractivity contribution in [3.63, 3.8) is 0 Å². The smallest absolute Gasteiger partial charge is 0.338 e. The molecule has 3 heterocycles. The number of nitrogens with zero attached hydrogens (tertiary/aromatic N) is 2. The number of carbonyl (C=O) groups excluding carboxylic acids is 2. The van der Waals surface area contributed by atoms with Gasteiger partial charge in [0.15, 0.2) is 27.8 Å². The number of hydrogen-bond donors (Lipinski definition) is 0. The van der Waals surface area contributed by atoms with E-state index in [0.29, 0.717) is 64.9 Å². The average Bonchev–Trinajstić information content (AvgIpc) is 3.62. The van der Waals surface area contributed by atoms with E-state index in [1.807, 2.05) is 43.3 Å². The van der Waals surface area contributed by atoms with Gasteiger partial charge in [-0.05, 0) is 77.9 Å². The number of halogens is 1. The van der Waals surface area contributed by atoms with Crippen LogP contribution in [0, 0.1) is 3.57 Å². The zero-order chi connectivity index (χ0) is 31.7. The third-order valence-electron chi connectivity index (χ3n) is 6.96. The van der Waals surface area contributed by atoms with Crippen LogP contribution in [0.3, 0.4) is 0 Å². The van der Waals surface area contributed by atoms with Crippen LogP contribution in [0.5, 0.6) is 23.0 Å². The number of aromatic nitrogens is 1. The summed E-state index contributed by atoms with van der Waals surface area (Å²) in [7, 11) is 0. The summed E-state index contributed by atoms with van der Waals surface area (Å²) in [5.41, 5.74) is 2.32. The van der Waals surface area contributed by atoms with Crippen molar-refractivity contribution in [1.82, 2.24) is 4.57 Å². The van der Waals surface area contributed by atoms with Gasteiger partial charge in [0, 0.05) is 12.5 Å². The van der Waals surface area contributed by atoms with Crippen LogP contribution in [-0.4, -0.2) is 36.5 Å². The molecule has 230 valence electrons. The number of ether oxygens (including phenoxy) is 5. The third-order valence-corrected chi connectivity index (χ3v) is 8.75. The van der Waals surface area contributed by atoms with Crippen molar-refractivity contribution in [2.75, 3.05) is 20.0 Å². The molecule has 0 saturated heterocycles. The molecular formula is C33H27IN2O8S. The number of hydrogen-bond acceptors (Lipinski definition) is 10. The fourth-order valence-electron chi connectivity index (χ4n) is 5.17. The molecule has 6 rings (SSSR count). The number of carbonyl (C=O) groups is 2. The first-order chi connectivity index (χ1) is 21.8. The summed E-state index contributed by atoms with van der Waals surface area (Å²) in [4.78, 5) is 45.0. The van der Waals surface area contributed by atoms with Crippen LogP contribution >= 0.6 is 33.9 Å². The molecule has 0 aliphatic carbocycles. The monoisotopic (exact) mass is 738 g/mol. The maximum Gasteiger partial charge on any atom is 0.338 e. The van der Waals surface area contributed by atoms with E-state index in [1.165, 1.54) is 22.8 Å². The summed E-state index contributed by atoms with van der Waals surface area (Å²) in [6.45, 7) is 5.46. The second-order valence-electron chi connectivity index (χ2n) is 9.90. The Hall–Kier alpha value is -4.43. The quantitative estimate of drug-likeness (QED) is 0.147. The van der Waals surface area contributed by atoms with Gasteiger partial charge in [0.2, 0.25) is 6.79 Å². The Morgan fingerprint density at radius 1 is 1.07 bits per heavy atom. The van der Waals surface area contributed by atoms with Gasteiger partial charge in [0.05, 0.1) is 38.6 Å². The average molecular weight is 739 g/mol. The normalized spacial score (nSPS) is 15.4. The van der Waals surface area contributed by atoms with Crippen molar-refractivity contribution < 1.29 is 33.3 Å². The molecule has 0 spiro atoms. The molecule has 0 amide bonds. The van der Waals surface area contributed by atoms with Crippen LogP contribution in [-0.2, 0) is 14.3 Å². The number of esters is 2. The summed E-state index contributed by atoms with van der Waals surface area (Å²) in [6.07, 6.45) is 1.74. The van der Waals surface area contributed by atoms with Gasteiger partial charge in [-0.3, -0.25) is 14.2 Å². The Kier molecular flexibility index (Phi) is 8.76. The largest absolute Gasteiger partial charge is 0.490 e. The van der Waals surface area contributed by atoms with E-state index in [0.717, 1.165) is 0 Å². The lowest BCUT2D eigenvalue weighted by Gasteiger charge is -2.26. The first-order valence-corrected chi connectivity index (χ1v) is 16.0. The molecular weight excluding hydrogens is 711 g/mol. The lowest BCUT2D eigenvalue weighted by molar-refractivity contribution is -0.139. The highest BCUT2D eigenvalue weighted by Crippen LogP contribution is 2.40. The predicted octanol–water partition coefficient (Wildman–Crippen LogP) is 4.59. The maximum absolute atomic E-state index is 14.3. The SMILES string of the molecule is CCOC(=O)C1=C(c2ccccc2)N=c2s/c(=C/c3cc(I)c(OC(C)=O)c(OCC)c3)c(=O)n2[C@@H]1c1ccc2c(c1)OCO2. The molecule has 12 heteroatoms. The number of rotatable bonds is 8. The topological polar surface area (TPSA) is 115 Å². The van der Waals surface area contributed by atoms with Crippen LogP contribution in [0.15, 0.2) is 76.0 Å². The van der Waals surface area contributed by atoms with Crippen LogP contribution < -0.4 is 33.8 Å². The van der Waals surface area contributed by atoms with Gasteiger partial charge in [0.1, 0.15) is 0 Å². The molecule has 3 aromatic carbocycles. The molecule has 2 aliphatic rings. The second-order valence-corrected chi connectivity index (χ2v) is 12.1. The van der Waals surface area contributed by atoms with Gasteiger partial charge < -0.3 is 23.7 Å². The zero-order valence-corrected chi connectivity index (χ0v) is 27.5. The maximum atomic E-state index is 14.3. The van der Waals surface area contributed by atoms with E-state index >= 15 is 0 Å². The van der Waals surface area contributed by atoms with E-state index in [1.54, 1.807) is 37.3 Å². The Bertz CT molecular complexity index is 2030. The minimum absolute atomic E-state index is 0.0795. The molecule has 0 bridgehead atoms. The highest BCUT2D eigenvalue weighted by molar-refractivity contribution is 14.1. The lowest BCUT2D eigenvalue weighted by atomic mass is 9.93. The number of benzene rings is 3. The van der Waals surface area contributed by atoms with Crippen molar-refractivity contribution in [3.8, 4) is 23.0 Å². The highest BCUT2D eigenvalue weighted by atomic mass is 127. The van der Waals surface area contributed by atoms with Crippen molar-refractivity contribution in [2.24, 2.45) is 4.99 Å². The van der Waals surface area contributed by atoms with Crippen molar-refractivity contribution in [3.05, 3.63) is 106 Å². The number of fused-ring (bicyclic) bond motifs is 2. The van der Waals surface area contributed by atoms with Gasteiger partial charge in [-0.25, -0.2) is 9.79 Å². The molecule has 2 aliphatic heterocycles. The molecule has 0 N–H and O–H groups in total. The number of thiazole rings is 1. The van der Waals surface area contributed by atoms with E-state index in [4.69, 9.17) is 28.7 Å². The fraction of sp³-hybridized carbons (Fsp3) is 0.212. The summed E-state index contributed by atoms with van der Waals surface area (Å²) < 4.78 is 30.4. The Balaban J connectivity index is 1.60. The molecule has 0 fully saturated rings. The summed E-state index contributed by atoms with van der Waals surface area (Å²) in [5, 5.41) is 0. The zero-order valence-electron chi connectivity index (χ0n) is 24.5. The first kappa shape index (κ1) is 30.6. The van der Waals surface area contributed by atoms with E-state index in [2.05, 4.69) is 22.6 Å². The molecule has 0 unspecified atom stereocenters. The molecule has 10 nitrogen and oxygen atoms in total. The fourth-order valence-corrected chi connectivity index (χ4v) is 6.90. The van der Waals surface area contributed by atoms with Gasteiger partial charge in [-0.1, -0.05) is 47.7 Å². The van der Waals surface area contributed by atoms with Crippen LogP contribution in [0.4, 0.5) is 0 Å². The van der Waals surface area contributed by atoms with Gasteiger partial charge >= 0.3 is 11.9 Å². The van der Waals surface area contributed by atoms with Gasteiger partial charge in [-0.15, -0.1) is 0 Å². The Morgan fingerprint density at radius 3 is 2.58 bits per heavy atom. The summed E-state index contributed by atoms with van der Waals surface area (Å²) >= 11 is 3.27. The molecule has 0 saturated carbocycles.